The van der Waals surface area contributed by atoms with Gasteiger partial charge >= 0.3 is 5.97 Å². The van der Waals surface area contributed by atoms with Crippen molar-refractivity contribution in [3.8, 4) is 11.5 Å². The Labute approximate surface area is 123 Å². The lowest BCUT2D eigenvalue weighted by atomic mass is 9.96. The quantitative estimate of drug-likeness (QED) is 0.843. The standard InChI is InChI=1S/C14H20ClNO4/c1-7(2)8-6-11(19-3)13(20-4)9(12(8)15)5-10(16)14(17)18/h6-7,10H,5,16H2,1-4H3,(H,17,18). The Morgan fingerprint density at radius 3 is 2.40 bits per heavy atom. The highest BCUT2D eigenvalue weighted by atomic mass is 35.5. The van der Waals surface area contributed by atoms with Crippen LogP contribution < -0.4 is 15.2 Å². The van der Waals surface area contributed by atoms with Crippen molar-refractivity contribution in [2.24, 2.45) is 5.73 Å². The summed E-state index contributed by atoms with van der Waals surface area (Å²) in [7, 11) is 3.01. The second kappa shape index (κ2) is 6.81. The average molecular weight is 302 g/mol. The molecule has 0 aliphatic rings. The Kier molecular flexibility index (Phi) is 5.65. The van der Waals surface area contributed by atoms with Gasteiger partial charge in [-0.2, -0.15) is 0 Å². The number of hydrogen-bond donors (Lipinski definition) is 2. The number of ether oxygens (including phenoxy) is 2. The van der Waals surface area contributed by atoms with E-state index >= 15 is 0 Å². The molecule has 1 aromatic carbocycles. The van der Waals surface area contributed by atoms with Gasteiger partial charge in [0, 0.05) is 12.0 Å². The monoisotopic (exact) mass is 301 g/mol. The van der Waals surface area contributed by atoms with E-state index in [1.165, 1.54) is 14.2 Å². The highest BCUT2D eigenvalue weighted by molar-refractivity contribution is 6.32. The molecule has 20 heavy (non-hydrogen) atoms. The van der Waals surface area contributed by atoms with E-state index in [1.54, 1.807) is 0 Å². The molecule has 0 radical (unpaired) electrons. The maximum absolute atomic E-state index is 10.9. The first kappa shape index (κ1) is 16.6. The van der Waals surface area contributed by atoms with Gasteiger partial charge in [-0.15, -0.1) is 0 Å². The summed E-state index contributed by atoms with van der Waals surface area (Å²) < 4.78 is 10.6. The molecule has 5 nitrogen and oxygen atoms in total. The van der Waals surface area contributed by atoms with Crippen molar-refractivity contribution in [2.45, 2.75) is 32.2 Å². The highest BCUT2D eigenvalue weighted by Gasteiger charge is 2.23. The molecule has 0 aliphatic heterocycles. The first-order chi connectivity index (χ1) is 9.33. The van der Waals surface area contributed by atoms with Gasteiger partial charge in [0.2, 0.25) is 0 Å². The topological polar surface area (TPSA) is 81.8 Å². The van der Waals surface area contributed by atoms with Gasteiger partial charge < -0.3 is 20.3 Å². The van der Waals surface area contributed by atoms with E-state index in [-0.39, 0.29) is 12.3 Å². The Bertz CT molecular complexity index is 502. The molecule has 0 amide bonds. The maximum Gasteiger partial charge on any atom is 0.320 e. The third kappa shape index (κ3) is 3.35. The van der Waals surface area contributed by atoms with E-state index in [4.69, 9.17) is 31.9 Å². The molecule has 1 aromatic rings. The molecule has 0 spiro atoms. The Hall–Kier alpha value is -1.46. The van der Waals surface area contributed by atoms with Crippen molar-refractivity contribution < 1.29 is 19.4 Å². The molecule has 0 saturated carbocycles. The van der Waals surface area contributed by atoms with E-state index in [1.807, 2.05) is 19.9 Å². The number of hydrogen-bond acceptors (Lipinski definition) is 4. The van der Waals surface area contributed by atoms with Gasteiger partial charge in [0.05, 0.1) is 19.2 Å². The van der Waals surface area contributed by atoms with Crippen molar-refractivity contribution >= 4 is 17.6 Å². The summed E-state index contributed by atoms with van der Waals surface area (Å²) in [5, 5.41) is 9.44. The number of aliphatic carboxylic acids is 1. The normalized spacial score (nSPS) is 12.3. The van der Waals surface area contributed by atoms with Crippen LogP contribution in [0.3, 0.4) is 0 Å². The molecular formula is C14H20ClNO4. The van der Waals surface area contributed by atoms with E-state index in [2.05, 4.69) is 0 Å². The number of nitrogens with two attached hydrogens (primary N) is 1. The molecule has 0 heterocycles. The van der Waals surface area contributed by atoms with Crippen molar-refractivity contribution in [3.63, 3.8) is 0 Å². The predicted octanol–water partition coefficient (Wildman–Crippen LogP) is 2.44. The molecule has 0 aliphatic carbocycles. The zero-order chi connectivity index (χ0) is 15.4. The van der Waals surface area contributed by atoms with Crippen molar-refractivity contribution in [3.05, 3.63) is 22.2 Å². The van der Waals surface area contributed by atoms with Gasteiger partial charge in [-0.3, -0.25) is 4.79 Å². The number of benzene rings is 1. The minimum absolute atomic E-state index is 0.0776. The summed E-state index contributed by atoms with van der Waals surface area (Å²) >= 11 is 6.38. The molecule has 6 heteroatoms. The van der Waals surface area contributed by atoms with Gasteiger partial charge in [0.25, 0.3) is 0 Å². The lowest BCUT2D eigenvalue weighted by Crippen LogP contribution is -2.32. The summed E-state index contributed by atoms with van der Waals surface area (Å²) in [5.41, 5.74) is 7.04. The zero-order valence-electron chi connectivity index (χ0n) is 12.1. The second-order valence-corrected chi connectivity index (χ2v) is 5.18. The summed E-state index contributed by atoms with van der Waals surface area (Å²) in [4.78, 5) is 10.9. The van der Waals surface area contributed by atoms with Crippen LogP contribution in [0.2, 0.25) is 5.02 Å². The maximum atomic E-state index is 10.9. The summed E-state index contributed by atoms with van der Waals surface area (Å²) in [6, 6.07) is 0.759. The Morgan fingerprint density at radius 1 is 1.40 bits per heavy atom. The molecule has 0 bridgehead atoms. The minimum Gasteiger partial charge on any atom is -0.493 e. The van der Waals surface area contributed by atoms with Crippen LogP contribution in [-0.4, -0.2) is 31.3 Å². The number of rotatable bonds is 6. The van der Waals surface area contributed by atoms with Crippen LogP contribution in [-0.2, 0) is 11.2 Å². The predicted molar refractivity (Wildman–Crippen MR) is 78.0 cm³/mol. The first-order valence-electron chi connectivity index (χ1n) is 6.25. The van der Waals surface area contributed by atoms with Crippen LogP contribution in [0.1, 0.15) is 30.9 Å². The molecule has 0 aromatic heterocycles. The lowest BCUT2D eigenvalue weighted by molar-refractivity contribution is -0.138. The van der Waals surface area contributed by atoms with Gasteiger partial charge in [-0.05, 0) is 17.5 Å². The molecule has 112 valence electrons. The zero-order valence-corrected chi connectivity index (χ0v) is 12.8. The van der Waals surface area contributed by atoms with E-state index in [9.17, 15) is 4.79 Å². The third-order valence-electron chi connectivity index (χ3n) is 3.09. The number of carboxylic acid groups (broad SMARTS) is 1. The molecule has 1 unspecified atom stereocenters. The van der Waals surface area contributed by atoms with E-state index in [0.29, 0.717) is 22.1 Å². The minimum atomic E-state index is -1.09. The fraction of sp³-hybridized carbons (Fsp3) is 0.500. The Morgan fingerprint density at radius 2 is 2.00 bits per heavy atom. The fourth-order valence-corrected chi connectivity index (χ4v) is 2.41. The van der Waals surface area contributed by atoms with E-state index < -0.39 is 12.0 Å². The van der Waals surface area contributed by atoms with Crippen LogP contribution in [0.15, 0.2) is 6.07 Å². The SMILES string of the molecule is COc1cc(C(C)C)c(Cl)c(CC(N)C(=O)O)c1OC. The molecule has 1 atom stereocenters. The summed E-state index contributed by atoms with van der Waals surface area (Å²) in [6.45, 7) is 3.99. The highest BCUT2D eigenvalue weighted by Crippen LogP contribution is 2.41. The molecule has 0 saturated heterocycles. The number of halogens is 1. The van der Waals surface area contributed by atoms with Crippen molar-refractivity contribution in [1.82, 2.24) is 0 Å². The fourth-order valence-electron chi connectivity index (χ4n) is 1.98. The van der Waals surface area contributed by atoms with Crippen LogP contribution in [0.4, 0.5) is 0 Å². The van der Waals surface area contributed by atoms with Crippen LogP contribution in [0.5, 0.6) is 11.5 Å². The van der Waals surface area contributed by atoms with Gasteiger partial charge in [0.15, 0.2) is 11.5 Å². The third-order valence-corrected chi connectivity index (χ3v) is 3.54. The number of carbonyl (C=O) groups is 1. The van der Waals surface area contributed by atoms with Crippen LogP contribution in [0, 0.1) is 0 Å². The van der Waals surface area contributed by atoms with Gasteiger partial charge in [-0.1, -0.05) is 25.4 Å². The largest absolute Gasteiger partial charge is 0.493 e. The summed E-state index contributed by atoms with van der Waals surface area (Å²) in [5.74, 6) is 0.0333. The average Bonchev–Trinajstić information content (AvgIpc) is 2.39. The molecule has 3 N–H and O–H groups in total. The van der Waals surface area contributed by atoms with Crippen LogP contribution >= 0.6 is 11.6 Å². The molecule has 1 rings (SSSR count). The summed E-state index contributed by atoms with van der Waals surface area (Å²) in [6.07, 6.45) is 0.0776. The number of carboxylic acids is 1. The number of methoxy groups -OCH3 is 2. The second-order valence-electron chi connectivity index (χ2n) is 4.80. The van der Waals surface area contributed by atoms with Gasteiger partial charge in [0.1, 0.15) is 6.04 Å². The van der Waals surface area contributed by atoms with Crippen LogP contribution in [0.25, 0.3) is 0 Å². The first-order valence-corrected chi connectivity index (χ1v) is 6.62. The lowest BCUT2D eigenvalue weighted by Gasteiger charge is -2.20. The molecule has 0 fully saturated rings. The van der Waals surface area contributed by atoms with Crippen molar-refractivity contribution in [2.75, 3.05) is 14.2 Å². The smallest absolute Gasteiger partial charge is 0.320 e. The van der Waals surface area contributed by atoms with Gasteiger partial charge in [-0.25, -0.2) is 0 Å². The Balaban J connectivity index is 3.44. The van der Waals surface area contributed by atoms with E-state index in [0.717, 1.165) is 5.56 Å². The molecular weight excluding hydrogens is 282 g/mol. The van der Waals surface area contributed by atoms with Crippen molar-refractivity contribution in [1.29, 1.82) is 0 Å².